The molecular formula is C8H6N8O3. The first kappa shape index (κ1) is 10.9. The first-order valence-electron chi connectivity index (χ1n) is 5.01. The monoisotopic (exact) mass is 262 g/mol. The third-order valence-electron chi connectivity index (χ3n) is 2.28. The molecule has 0 atom stereocenters. The highest BCUT2D eigenvalue weighted by Crippen LogP contribution is 1.94. The first-order chi connectivity index (χ1) is 9.15. The largest absolute Gasteiger partial charge is 0.349 e. The van der Waals surface area contributed by atoms with Crippen molar-refractivity contribution < 1.29 is 0 Å². The number of aromatic amines is 3. The van der Waals surface area contributed by atoms with E-state index in [2.05, 4.69) is 35.3 Å². The maximum absolute atomic E-state index is 12.0. The van der Waals surface area contributed by atoms with Crippen LogP contribution in [0.5, 0.6) is 0 Å². The van der Waals surface area contributed by atoms with Crippen molar-refractivity contribution >= 4 is 17.1 Å². The van der Waals surface area contributed by atoms with Crippen LogP contribution in [0.25, 0.3) is 11.2 Å². The van der Waals surface area contributed by atoms with Crippen molar-refractivity contribution in [2.45, 2.75) is 0 Å². The number of fused-ring (bicyclic) bond motifs is 1. The maximum atomic E-state index is 12.0. The lowest BCUT2D eigenvalue weighted by Gasteiger charge is -2.04. The van der Waals surface area contributed by atoms with Gasteiger partial charge in [-0.2, -0.15) is 14.6 Å². The number of anilines is 1. The van der Waals surface area contributed by atoms with Gasteiger partial charge < -0.3 is 0 Å². The van der Waals surface area contributed by atoms with Crippen LogP contribution in [-0.2, 0) is 0 Å². The van der Waals surface area contributed by atoms with Gasteiger partial charge in [-0.05, 0) is 0 Å². The van der Waals surface area contributed by atoms with E-state index in [1.54, 1.807) is 0 Å². The fourth-order valence-electron chi connectivity index (χ4n) is 1.50. The minimum atomic E-state index is -0.770. The van der Waals surface area contributed by atoms with Gasteiger partial charge in [0.25, 0.3) is 0 Å². The van der Waals surface area contributed by atoms with Crippen molar-refractivity contribution in [1.82, 2.24) is 34.6 Å². The van der Waals surface area contributed by atoms with E-state index in [0.717, 1.165) is 0 Å². The minimum absolute atomic E-state index is 0.0137. The van der Waals surface area contributed by atoms with Crippen molar-refractivity contribution in [3.05, 3.63) is 44.0 Å². The third-order valence-corrected chi connectivity index (χ3v) is 2.28. The van der Waals surface area contributed by atoms with Gasteiger partial charge in [-0.25, -0.2) is 14.6 Å². The van der Waals surface area contributed by atoms with Crippen LogP contribution >= 0.6 is 0 Å². The van der Waals surface area contributed by atoms with Crippen LogP contribution in [0.15, 0.2) is 27.0 Å². The molecule has 0 saturated carbocycles. The number of imidazole rings is 1. The van der Waals surface area contributed by atoms with Gasteiger partial charge in [0.1, 0.15) is 18.3 Å². The Morgan fingerprint density at radius 3 is 2.53 bits per heavy atom. The van der Waals surface area contributed by atoms with Crippen LogP contribution in [0.4, 0.5) is 5.95 Å². The molecule has 0 aromatic carbocycles. The zero-order chi connectivity index (χ0) is 13.4. The molecule has 0 bridgehead atoms. The van der Waals surface area contributed by atoms with Crippen molar-refractivity contribution in [3.63, 3.8) is 0 Å². The molecule has 0 aliphatic heterocycles. The number of hydrogen-bond donors (Lipinski definition) is 4. The highest BCUT2D eigenvalue weighted by atomic mass is 16.2. The van der Waals surface area contributed by atoms with Crippen LogP contribution in [0.3, 0.4) is 0 Å². The average molecular weight is 262 g/mol. The summed E-state index contributed by atoms with van der Waals surface area (Å²) >= 11 is 0. The normalized spacial score (nSPS) is 10.7. The van der Waals surface area contributed by atoms with E-state index in [9.17, 15) is 14.4 Å². The van der Waals surface area contributed by atoms with Crippen LogP contribution in [0.1, 0.15) is 0 Å². The van der Waals surface area contributed by atoms with Gasteiger partial charge in [0, 0.05) is 0 Å². The van der Waals surface area contributed by atoms with Gasteiger partial charge in [0.05, 0.1) is 0 Å². The van der Waals surface area contributed by atoms with E-state index in [-0.39, 0.29) is 17.1 Å². The van der Waals surface area contributed by atoms with Crippen molar-refractivity contribution in [1.29, 1.82) is 0 Å². The molecule has 19 heavy (non-hydrogen) atoms. The quantitative estimate of drug-likeness (QED) is 0.407. The molecule has 3 rings (SSSR count). The number of aromatic nitrogens is 7. The second-order valence-electron chi connectivity index (χ2n) is 3.47. The van der Waals surface area contributed by atoms with Gasteiger partial charge in [-0.15, -0.1) is 0 Å². The molecular weight excluding hydrogens is 256 g/mol. The van der Waals surface area contributed by atoms with Gasteiger partial charge in [-0.1, -0.05) is 0 Å². The third kappa shape index (κ3) is 1.78. The summed E-state index contributed by atoms with van der Waals surface area (Å²) in [7, 11) is 0. The second kappa shape index (κ2) is 3.90. The summed E-state index contributed by atoms with van der Waals surface area (Å²) in [6.07, 6.45) is 2.40. The SMILES string of the molecule is O=c1[nH]c2[nH]c(=O)n(Nc3ncncn3)c(=O)c2[nH]1. The molecule has 0 spiro atoms. The maximum Gasteiger partial charge on any atom is 0.349 e. The number of hydrogen-bond acceptors (Lipinski definition) is 7. The molecule has 0 amide bonds. The van der Waals surface area contributed by atoms with Gasteiger partial charge in [-0.3, -0.25) is 25.2 Å². The fourth-order valence-corrected chi connectivity index (χ4v) is 1.50. The zero-order valence-corrected chi connectivity index (χ0v) is 9.17. The van der Waals surface area contributed by atoms with Gasteiger partial charge >= 0.3 is 16.9 Å². The van der Waals surface area contributed by atoms with E-state index in [4.69, 9.17) is 0 Å². The Morgan fingerprint density at radius 1 is 1.05 bits per heavy atom. The Hall–Kier alpha value is -3.24. The molecule has 3 aromatic rings. The summed E-state index contributed by atoms with van der Waals surface area (Å²) < 4.78 is 0.640. The molecule has 0 aliphatic rings. The van der Waals surface area contributed by atoms with Gasteiger partial charge in [0.2, 0.25) is 5.95 Å². The Labute approximate surface area is 102 Å². The standard InChI is InChI=1S/C8H6N8O3/c17-5-3-4(13-7(18)12-3)14-8(19)16(5)15-6-10-1-9-2-11-6/h1-2H,(H,14,19)(H2,12,13,18)(H,9,10,11,15). The molecule has 3 aromatic heterocycles. The lowest BCUT2D eigenvalue weighted by atomic mass is 10.5. The molecule has 11 nitrogen and oxygen atoms in total. The molecule has 0 radical (unpaired) electrons. The van der Waals surface area contributed by atoms with E-state index < -0.39 is 16.9 Å². The zero-order valence-electron chi connectivity index (χ0n) is 9.17. The predicted molar refractivity (Wildman–Crippen MR) is 62.6 cm³/mol. The Bertz CT molecular complexity index is 901. The molecule has 0 fully saturated rings. The summed E-state index contributed by atoms with van der Waals surface area (Å²) in [5, 5.41) is 0. The van der Waals surface area contributed by atoms with Crippen LogP contribution in [-0.4, -0.2) is 34.6 Å². The highest BCUT2D eigenvalue weighted by Gasteiger charge is 2.10. The van der Waals surface area contributed by atoms with Crippen molar-refractivity contribution in [2.24, 2.45) is 0 Å². The summed E-state index contributed by atoms with van der Waals surface area (Å²) in [4.78, 5) is 52.7. The highest BCUT2D eigenvalue weighted by molar-refractivity contribution is 5.67. The molecule has 96 valence electrons. The predicted octanol–water partition coefficient (Wildman–Crippen LogP) is -2.23. The Morgan fingerprint density at radius 2 is 1.79 bits per heavy atom. The molecule has 4 N–H and O–H groups in total. The van der Waals surface area contributed by atoms with Gasteiger partial charge in [0.15, 0.2) is 5.52 Å². The molecule has 11 heteroatoms. The smallest absolute Gasteiger partial charge is 0.300 e. The molecule has 3 heterocycles. The van der Waals surface area contributed by atoms with Crippen molar-refractivity contribution in [2.75, 3.05) is 5.43 Å². The topological polar surface area (TPSA) is 154 Å². The fraction of sp³-hybridized carbons (Fsp3) is 0. The van der Waals surface area contributed by atoms with Crippen LogP contribution in [0.2, 0.25) is 0 Å². The molecule has 0 unspecified atom stereocenters. The van der Waals surface area contributed by atoms with Crippen LogP contribution < -0.4 is 22.4 Å². The van der Waals surface area contributed by atoms with E-state index in [0.29, 0.717) is 4.68 Å². The number of nitrogens with zero attached hydrogens (tertiary/aromatic N) is 4. The number of nitrogens with one attached hydrogen (secondary N) is 4. The summed E-state index contributed by atoms with van der Waals surface area (Å²) in [5.74, 6) is 0.0137. The Kier molecular flexibility index (Phi) is 2.24. The van der Waals surface area contributed by atoms with E-state index >= 15 is 0 Å². The summed E-state index contributed by atoms with van der Waals surface area (Å²) in [5.41, 5.74) is 0.257. The first-order valence-corrected chi connectivity index (χ1v) is 5.01. The number of rotatable bonds is 2. The lowest BCUT2D eigenvalue weighted by Crippen LogP contribution is -2.40. The van der Waals surface area contributed by atoms with Crippen molar-refractivity contribution in [3.8, 4) is 0 Å². The van der Waals surface area contributed by atoms with E-state index in [1.165, 1.54) is 12.7 Å². The minimum Gasteiger partial charge on any atom is -0.300 e. The number of H-pyrrole nitrogens is 3. The van der Waals surface area contributed by atoms with E-state index in [1.807, 2.05) is 0 Å². The summed E-state index contributed by atoms with van der Waals surface area (Å²) in [6.45, 7) is 0. The lowest BCUT2D eigenvalue weighted by molar-refractivity contribution is 0.802. The summed E-state index contributed by atoms with van der Waals surface area (Å²) in [6, 6.07) is 0. The molecule has 0 saturated heterocycles. The molecule has 0 aliphatic carbocycles. The second-order valence-corrected chi connectivity index (χ2v) is 3.47. The Balaban J connectivity index is 2.21. The van der Waals surface area contributed by atoms with Crippen LogP contribution in [0, 0.1) is 0 Å². The average Bonchev–Trinajstić information content (AvgIpc) is 2.76.